The van der Waals surface area contributed by atoms with E-state index >= 15 is 0 Å². The first-order chi connectivity index (χ1) is 29.3. The molecular weight excluding hydrogens is 790 g/mol. The van der Waals surface area contributed by atoms with E-state index < -0.39 is 32.5 Å². The summed E-state index contributed by atoms with van der Waals surface area (Å²) in [5.41, 5.74) is 0. The maximum atomic E-state index is 12.7. The standard InChI is InChI=1S/C50H84NO9P/c1-6-7-8-9-10-11-12-13-14-15-16-17-20-24-27-30-33-36-39-42-50(54)60-48(46-59-61(55,56)58-44-43-51(3,4)5)45-57-49(53)41-38-35-32-29-26-23-21-18-19-22-25-28-31-34-37-40-47(2)52/h10-11,13-14,16-17,19,21-24,27-29,31-32,47-48,52H,6-9,12,15,18,20,25-26,30,33-46H2,1-5H3/p+1/b11-10-,14-13-,17-16-,22-19-,23-21-,27-24-,31-28-,32-29-/t47-,48-/m1/s1. The lowest BCUT2D eigenvalue weighted by Crippen LogP contribution is -2.37. The maximum absolute atomic E-state index is 12.7. The number of unbranched alkanes of at least 4 members (excludes halogenated alkanes) is 8. The van der Waals surface area contributed by atoms with Crippen molar-refractivity contribution in [3.63, 3.8) is 0 Å². The summed E-state index contributed by atoms with van der Waals surface area (Å²) >= 11 is 0. The molecule has 2 N–H and O–H groups in total. The summed E-state index contributed by atoms with van der Waals surface area (Å²) in [6, 6.07) is 0. The van der Waals surface area contributed by atoms with Crippen molar-refractivity contribution in [3.8, 4) is 0 Å². The Morgan fingerprint density at radius 2 is 1.02 bits per heavy atom. The van der Waals surface area contributed by atoms with Crippen molar-refractivity contribution >= 4 is 19.8 Å². The van der Waals surface area contributed by atoms with E-state index in [9.17, 15) is 24.2 Å². The second-order valence-corrected chi connectivity index (χ2v) is 17.8. The Labute approximate surface area is 371 Å². The summed E-state index contributed by atoms with van der Waals surface area (Å²) in [6.07, 6.45) is 51.6. The Morgan fingerprint density at radius 1 is 0.574 bits per heavy atom. The van der Waals surface area contributed by atoms with Crippen LogP contribution in [0.5, 0.6) is 0 Å². The van der Waals surface area contributed by atoms with E-state index in [1.165, 1.54) is 25.7 Å². The largest absolute Gasteiger partial charge is 0.472 e. The number of phosphoric acid groups is 1. The number of esters is 2. The van der Waals surface area contributed by atoms with Crippen LogP contribution in [0.25, 0.3) is 0 Å². The highest BCUT2D eigenvalue weighted by Gasteiger charge is 2.27. The fourth-order valence-electron chi connectivity index (χ4n) is 5.48. The fraction of sp³-hybridized carbons (Fsp3) is 0.640. The van der Waals surface area contributed by atoms with Crippen LogP contribution in [-0.4, -0.2) is 86.1 Å². The number of nitrogens with zero attached hydrogens (tertiary/aromatic N) is 1. The normalized spacial score (nSPS) is 14.9. The van der Waals surface area contributed by atoms with E-state index in [4.69, 9.17) is 18.5 Å². The third kappa shape index (κ3) is 46.2. The summed E-state index contributed by atoms with van der Waals surface area (Å²) in [5.74, 6) is -0.927. The van der Waals surface area contributed by atoms with Gasteiger partial charge in [-0.05, 0) is 110 Å². The lowest BCUT2D eigenvalue weighted by molar-refractivity contribution is -0.870. The van der Waals surface area contributed by atoms with Crippen LogP contribution in [0, 0.1) is 0 Å². The topological polar surface area (TPSA) is 129 Å². The molecule has 0 aliphatic heterocycles. The molecule has 11 heteroatoms. The number of phosphoric ester groups is 1. The quantitative estimate of drug-likeness (QED) is 0.0203. The van der Waals surface area contributed by atoms with Gasteiger partial charge in [0.2, 0.25) is 0 Å². The number of carbonyl (C=O) groups is 2. The highest BCUT2D eigenvalue weighted by Crippen LogP contribution is 2.43. The summed E-state index contributed by atoms with van der Waals surface area (Å²) in [5, 5.41) is 9.28. The maximum Gasteiger partial charge on any atom is 0.472 e. The van der Waals surface area contributed by atoms with E-state index in [0.29, 0.717) is 30.3 Å². The molecule has 0 saturated heterocycles. The molecule has 0 radical (unpaired) electrons. The first-order valence-electron chi connectivity index (χ1n) is 23.0. The number of carbonyl (C=O) groups excluding carboxylic acids is 2. The van der Waals surface area contributed by atoms with Crippen LogP contribution >= 0.6 is 7.82 Å². The van der Waals surface area contributed by atoms with Crippen LogP contribution in [0.1, 0.15) is 149 Å². The average molecular weight is 875 g/mol. The minimum absolute atomic E-state index is 0.00562. The van der Waals surface area contributed by atoms with Crippen LogP contribution in [0.4, 0.5) is 0 Å². The van der Waals surface area contributed by atoms with Crippen LogP contribution in [0.15, 0.2) is 97.2 Å². The van der Waals surface area contributed by atoms with Gasteiger partial charge in [-0.1, -0.05) is 123 Å². The summed E-state index contributed by atoms with van der Waals surface area (Å²) in [4.78, 5) is 35.4. The molecule has 3 atom stereocenters. The third-order valence-electron chi connectivity index (χ3n) is 9.11. The lowest BCUT2D eigenvalue weighted by Gasteiger charge is -2.24. The molecule has 10 nitrogen and oxygen atoms in total. The Morgan fingerprint density at radius 3 is 1.49 bits per heavy atom. The van der Waals surface area contributed by atoms with E-state index in [0.717, 1.165) is 77.0 Å². The molecule has 0 aromatic carbocycles. The predicted molar refractivity (Wildman–Crippen MR) is 253 cm³/mol. The van der Waals surface area contributed by atoms with Gasteiger partial charge in [-0.3, -0.25) is 18.6 Å². The van der Waals surface area contributed by atoms with E-state index in [1.807, 2.05) is 34.1 Å². The fourth-order valence-corrected chi connectivity index (χ4v) is 6.22. The van der Waals surface area contributed by atoms with Gasteiger partial charge in [-0.15, -0.1) is 0 Å². The van der Waals surface area contributed by atoms with Gasteiger partial charge in [-0.2, -0.15) is 0 Å². The van der Waals surface area contributed by atoms with Crippen molar-refractivity contribution in [1.29, 1.82) is 0 Å². The zero-order chi connectivity index (χ0) is 45.1. The Hall–Kier alpha value is -3.11. The number of allylic oxidation sites excluding steroid dienone is 16. The van der Waals surface area contributed by atoms with Crippen molar-refractivity contribution in [1.82, 2.24) is 0 Å². The number of aliphatic hydroxyl groups excluding tert-OH is 1. The van der Waals surface area contributed by atoms with Crippen LogP contribution in [-0.2, 0) is 32.7 Å². The number of ether oxygens (including phenoxy) is 2. The van der Waals surface area contributed by atoms with Crippen LogP contribution < -0.4 is 0 Å². The van der Waals surface area contributed by atoms with Gasteiger partial charge < -0.3 is 24.0 Å². The molecule has 0 aliphatic carbocycles. The molecule has 0 aliphatic rings. The first kappa shape index (κ1) is 57.9. The molecule has 0 aromatic rings. The minimum atomic E-state index is -4.41. The zero-order valence-corrected chi connectivity index (χ0v) is 39.6. The van der Waals surface area contributed by atoms with Crippen LogP contribution in [0.3, 0.4) is 0 Å². The molecule has 0 bridgehead atoms. The summed E-state index contributed by atoms with van der Waals surface area (Å²) < 4.78 is 34.2. The van der Waals surface area contributed by atoms with Gasteiger partial charge in [0.25, 0.3) is 0 Å². The average Bonchev–Trinajstić information content (AvgIpc) is 3.20. The van der Waals surface area contributed by atoms with Crippen molar-refractivity contribution in [2.24, 2.45) is 0 Å². The number of rotatable bonds is 40. The Bertz CT molecular complexity index is 1370. The number of hydrogen-bond donors (Lipinski definition) is 2. The van der Waals surface area contributed by atoms with Gasteiger partial charge in [0.05, 0.1) is 33.9 Å². The van der Waals surface area contributed by atoms with Gasteiger partial charge in [-0.25, -0.2) is 4.57 Å². The third-order valence-corrected chi connectivity index (χ3v) is 10.1. The minimum Gasteiger partial charge on any atom is -0.462 e. The zero-order valence-electron chi connectivity index (χ0n) is 38.7. The number of hydrogen-bond acceptors (Lipinski definition) is 8. The number of quaternary nitrogens is 1. The van der Waals surface area contributed by atoms with Crippen molar-refractivity contribution in [2.45, 2.75) is 161 Å². The van der Waals surface area contributed by atoms with Crippen molar-refractivity contribution in [3.05, 3.63) is 97.2 Å². The molecule has 0 aromatic heterocycles. The second-order valence-electron chi connectivity index (χ2n) is 16.4. The van der Waals surface area contributed by atoms with Crippen LogP contribution in [0.2, 0.25) is 0 Å². The molecule has 348 valence electrons. The molecule has 0 fully saturated rings. The predicted octanol–water partition coefficient (Wildman–Crippen LogP) is 12.3. The van der Waals surface area contributed by atoms with Crippen molar-refractivity contribution in [2.75, 3.05) is 47.5 Å². The molecule has 0 saturated carbocycles. The highest BCUT2D eigenvalue weighted by atomic mass is 31.2. The van der Waals surface area contributed by atoms with Gasteiger partial charge >= 0.3 is 19.8 Å². The number of likely N-dealkylation sites (N-methyl/N-ethyl adjacent to an activating group) is 1. The summed E-state index contributed by atoms with van der Waals surface area (Å²) in [6.45, 7) is 3.81. The Balaban J connectivity index is 4.52. The van der Waals surface area contributed by atoms with Crippen molar-refractivity contribution < 1.29 is 47.2 Å². The molecule has 0 spiro atoms. The van der Waals surface area contributed by atoms with E-state index in [2.05, 4.69) is 98.1 Å². The van der Waals surface area contributed by atoms with Gasteiger partial charge in [0.1, 0.15) is 19.8 Å². The second kappa shape index (κ2) is 40.9. The van der Waals surface area contributed by atoms with Gasteiger partial charge in [0.15, 0.2) is 6.10 Å². The molecule has 1 unspecified atom stereocenters. The molecule has 0 heterocycles. The van der Waals surface area contributed by atoms with E-state index in [-0.39, 0.29) is 32.2 Å². The molecule has 0 amide bonds. The monoisotopic (exact) mass is 875 g/mol. The van der Waals surface area contributed by atoms with E-state index in [1.54, 1.807) is 0 Å². The SMILES string of the molecule is CCCCC/C=C\C/C=C\C/C=C\C/C=C\CCCCCC(=O)O[C@H](COC(=O)CCC/C=C\C/C=C\C/C=C\C/C=C\CCC[C@@H](C)O)COP(=O)(O)OCC[N+](C)(C)C. The Kier molecular flexibility index (Phi) is 38.8. The lowest BCUT2D eigenvalue weighted by atomic mass is 10.1. The van der Waals surface area contributed by atoms with Gasteiger partial charge in [0, 0.05) is 12.8 Å². The highest BCUT2D eigenvalue weighted by molar-refractivity contribution is 7.47. The number of aliphatic hydroxyl groups is 1. The summed E-state index contributed by atoms with van der Waals surface area (Å²) in [7, 11) is 1.39. The molecule has 0 rings (SSSR count). The smallest absolute Gasteiger partial charge is 0.462 e. The molecular formula is C50H85NO9P+. The molecule has 61 heavy (non-hydrogen) atoms. The first-order valence-corrected chi connectivity index (χ1v) is 24.5.